The Morgan fingerprint density at radius 1 is 0.836 bits per heavy atom. The summed E-state index contributed by atoms with van der Waals surface area (Å²) < 4.78 is 132. The molecule has 1 atom stereocenters. The topological polar surface area (TPSA) is 299 Å². The standard InChI is InChI=1S/C45H55N3O15S4/c1-30-12-16-34(67(61,62)63)27-36(30)43(2,3)38(46-20-8-23-64(52,53)54)18-13-31-26-32(29-45(28-31,42(50)51)41(49)47-21-25-66(58,59)60)14-19-39-44(4,5)40-35-11-7-6-10-33(35)15-17-37(40)48(39)22-9-24-65(55,56)57/h6-7,10-19,26-27H,8-9,20-25,28-29H2,1-5H3,(H,47,49)(H,50,51)(H,52,53,54)(H,55,56,57)(H,58,59,60)(H,61,62,63)/b18-13+,32-14-,39-19+,46-38+. The Bertz CT molecular complexity index is 3080. The molecular weight excluding hydrogens is 951 g/mol. The van der Waals surface area contributed by atoms with Crippen LogP contribution in [0.25, 0.3) is 10.8 Å². The summed E-state index contributed by atoms with van der Waals surface area (Å²) >= 11 is 0. The van der Waals surface area contributed by atoms with Gasteiger partial charge in [0.15, 0.2) is 5.41 Å². The van der Waals surface area contributed by atoms with Gasteiger partial charge in [-0.25, -0.2) is 0 Å². The predicted molar refractivity (Wildman–Crippen MR) is 255 cm³/mol. The first kappa shape index (κ1) is 52.9. The first-order valence-electron chi connectivity index (χ1n) is 21.0. The molecule has 0 spiro atoms. The molecule has 0 saturated heterocycles. The Hall–Kier alpha value is -5.07. The lowest BCUT2D eigenvalue weighted by molar-refractivity contribution is -0.156. The number of nitrogens with zero attached hydrogens (tertiary/aromatic N) is 2. The zero-order chi connectivity index (χ0) is 50.0. The van der Waals surface area contributed by atoms with Crippen LogP contribution in [0.3, 0.4) is 0 Å². The van der Waals surface area contributed by atoms with Crippen LogP contribution in [-0.2, 0) is 60.9 Å². The summed E-state index contributed by atoms with van der Waals surface area (Å²) in [7, 11) is -17.9. The summed E-state index contributed by atoms with van der Waals surface area (Å²) in [5, 5.41) is 15.1. The number of amides is 1. The second-order valence-corrected chi connectivity index (χ2v) is 23.8. The van der Waals surface area contributed by atoms with E-state index in [1.165, 1.54) is 30.4 Å². The highest BCUT2D eigenvalue weighted by Gasteiger charge is 2.49. The number of hydrogen-bond donors (Lipinski definition) is 6. The summed E-state index contributed by atoms with van der Waals surface area (Å²) in [5.74, 6) is -4.64. The average Bonchev–Trinajstić information content (AvgIpc) is 3.42. The predicted octanol–water partition coefficient (Wildman–Crippen LogP) is 5.63. The minimum absolute atomic E-state index is 0.0471. The van der Waals surface area contributed by atoms with Crippen LogP contribution in [0.15, 0.2) is 112 Å². The number of rotatable bonds is 19. The van der Waals surface area contributed by atoms with E-state index < -0.39 is 110 Å². The lowest BCUT2D eigenvalue weighted by Gasteiger charge is -2.33. The second kappa shape index (κ2) is 19.9. The molecule has 5 rings (SSSR count). The number of aryl methyl sites for hydroxylation is 1. The number of carboxylic acid groups (broad SMARTS) is 1. The van der Waals surface area contributed by atoms with Gasteiger partial charge in [0.25, 0.3) is 40.5 Å². The Kier molecular flexibility index (Phi) is 15.7. The number of nitrogens with one attached hydrogen (secondary N) is 1. The number of hydrogen-bond acceptors (Lipinski definition) is 12. The molecule has 0 aromatic heterocycles. The van der Waals surface area contributed by atoms with Crippen LogP contribution < -0.4 is 10.2 Å². The van der Waals surface area contributed by atoms with Crippen LogP contribution >= 0.6 is 0 Å². The van der Waals surface area contributed by atoms with Crippen molar-refractivity contribution in [2.24, 2.45) is 10.4 Å². The molecule has 1 heterocycles. The van der Waals surface area contributed by atoms with Gasteiger partial charge in [0, 0.05) is 47.6 Å². The normalized spacial score (nSPS) is 19.6. The van der Waals surface area contributed by atoms with Gasteiger partial charge in [0.05, 0.1) is 22.2 Å². The quantitative estimate of drug-likeness (QED) is 0.0367. The largest absolute Gasteiger partial charge is 0.480 e. The van der Waals surface area contributed by atoms with Crippen LogP contribution in [0.5, 0.6) is 0 Å². The van der Waals surface area contributed by atoms with Crippen molar-refractivity contribution in [2.45, 2.75) is 76.0 Å². The lowest BCUT2D eigenvalue weighted by atomic mass is 9.70. The van der Waals surface area contributed by atoms with E-state index in [0.29, 0.717) is 22.4 Å². The number of carboxylic acids is 1. The highest BCUT2D eigenvalue weighted by molar-refractivity contribution is 7.86. The SMILES string of the molecule is Cc1ccc(S(=O)(=O)O)cc1C(C)(C)C(/C=C/C1=CC(=C/C=C2/N(CCCS(=O)(=O)O)c3ccc4ccccc4c3C2(C)C)/CC(C(=O)O)(C(=O)NCCS(=O)(=O)O)C1)=N/CCCS(=O)(=O)O. The zero-order valence-electron chi connectivity index (χ0n) is 37.5. The Morgan fingerprint density at radius 3 is 2.10 bits per heavy atom. The number of anilines is 1. The maximum absolute atomic E-state index is 14.0. The number of aliphatic imine (C=N–C) groups is 1. The molecule has 22 heteroatoms. The van der Waals surface area contributed by atoms with Crippen molar-refractivity contribution in [2.75, 3.05) is 41.8 Å². The third-order valence-corrected chi connectivity index (χ3v) is 15.2. The molecule has 1 amide bonds. The number of benzene rings is 3. The van der Waals surface area contributed by atoms with E-state index in [1.54, 1.807) is 39.0 Å². The van der Waals surface area contributed by atoms with Gasteiger partial charge in [-0.2, -0.15) is 33.7 Å². The van der Waals surface area contributed by atoms with Crippen LogP contribution in [0, 0.1) is 12.3 Å². The summed E-state index contributed by atoms with van der Waals surface area (Å²) in [6.07, 6.45) is 7.13. The number of fused-ring (bicyclic) bond motifs is 3. The van der Waals surface area contributed by atoms with Crippen molar-refractivity contribution in [1.82, 2.24) is 5.32 Å². The number of allylic oxidation sites excluding steroid dienone is 8. The molecule has 0 radical (unpaired) electrons. The Labute approximate surface area is 391 Å². The molecule has 18 nitrogen and oxygen atoms in total. The molecule has 3 aromatic carbocycles. The summed E-state index contributed by atoms with van der Waals surface area (Å²) in [4.78, 5) is 33.5. The summed E-state index contributed by atoms with van der Waals surface area (Å²) in [5.41, 5.74) is 0.0454. The van der Waals surface area contributed by atoms with E-state index in [-0.39, 0.29) is 37.2 Å². The van der Waals surface area contributed by atoms with E-state index in [2.05, 4.69) is 10.3 Å². The van der Waals surface area contributed by atoms with Gasteiger partial charge in [0.1, 0.15) is 0 Å². The fourth-order valence-electron chi connectivity index (χ4n) is 8.72. The first-order valence-corrected chi connectivity index (χ1v) is 27.2. The van der Waals surface area contributed by atoms with E-state index >= 15 is 0 Å². The fraction of sp³-hybridized carbons (Fsp3) is 0.400. The van der Waals surface area contributed by atoms with Gasteiger partial charge in [0.2, 0.25) is 5.91 Å². The molecular formula is C45H55N3O15S4. The molecule has 0 fully saturated rings. The van der Waals surface area contributed by atoms with Crippen molar-refractivity contribution >= 4 is 74.5 Å². The van der Waals surface area contributed by atoms with Crippen molar-refractivity contribution in [3.63, 3.8) is 0 Å². The molecule has 3 aromatic rings. The van der Waals surface area contributed by atoms with Gasteiger partial charge >= 0.3 is 5.97 Å². The third kappa shape index (κ3) is 12.9. The highest BCUT2D eigenvalue weighted by Crippen LogP contribution is 2.51. The number of aliphatic carboxylic acids is 1. The summed E-state index contributed by atoms with van der Waals surface area (Å²) in [6.45, 7) is 8.46. The molecule has 1 aliphatic carbocycles. The fourth-order valence-corrected chi connectivity index (χ4v) is 10.6. The van der Waals surface area contributed by atoms with E-state index in [4.69, 9.17) is 0 Å². The van der Waals surface area contributed by atoms with Gasteiger partial charge in [-0.15, -0.1) is 0 Å². The highest BCUT2D eigenvalue weighted by atomic mass is 32.2. The summed E-state index contributed by atoms with van der Waals surface area (Å²) in [6, 6.07) is 15.6. The van der Waals surface area contributed by atoms with Crippen molar-refractivity contribution in [1.29, 1.82) is 0 Å². The van der Waals surface area contributed by atoms with Crippen molar-refractivity contribution in [3.8, 4) is 0 Å². The average molecular weight is 1010 g/mol. The molecule has 0 saturated carbocycles. The van der Waals surface area contributed by atoms with Crippen LogP contribution in [-0.4, -0.2) is 111 Å². The number of carbonyl (C=O) groups excluding carboxylic acids is 1. The van der Waals surface area contributed by atoms with Gasteiger partial charge in [-0.1, -0.05) is 82.3 Å². The van der Waals surface area contributed by atoms with Crippen molar-refractivity contribution < 1.29 is 66.6 Å². The molecule has 1 unspecified atom stereocenters. The maximum atomic E-state index is 14.0. The van der Waals surface area contributed by atoms with Gasteiger partial charge < -0.3 is 15.3 Å². The van der Waals surface area contributed by atoms with E-state index in [9.17, 15) is 66.6 Å². The molecule has 6 N–H and O–H groups in total. The first-order chi connectivity index (χ1) is 30.9. The Morgan fingerprint density at radius 2 is 1.48 bits per heavy atom. The lowest BCUT2D eigenvalue weighted by Crippen LogP contribution is -2.49. The third-order valence-electron chi connectivity index (χ3n) is 12.0. The molecule has 67 heavy (non-hydrogen) atoms. The van der Waals surface area contributed by atoms with E-state index in [0.717, 1.165) is 22.0 Å². The second-order valence-electron chi connectivity index (χ2n) is 17.7. The maximum Gasteiger partial charge on any atom is 0.319 e. The molecule has 364 valence electrons. The van der Waals surface area contributed by atoms with Crippen molar-refractivity contribution in [3.05, 3.63) is 119 Å². The van der Waals surface area contributed by atoms with Gasteiger partial charge in [-0.05, 0) is 102 Å². The zero-order valence-corrected chi connectivity index (χ0v) is 40.8. The monoisotopic (exact) mass is 1010 g/mol. The number of carbonyl (C=O) groups is 2. The van der Waals surface area contributed by atoms with Crippen LogP contribution in [0.1, 0.15) is 70.1 Å². The van der Waals surface area contributed by atoms with Crippen LogP contribution in [0.2, 0.25) is 0 Å². The smallest absolute Gasteiger partial charge is 0.319 e. The van der Waals surface area contributed by atoms with Crippen LogP contribution in [0.4, 0.5) is 5.69 Å². The molecule has 0 bridgehead atoms. The minimum atomic E-state index is -4.65. The molecule has 2 aliphatic rings. The Balaban J connectivity index is 1.69. The van der Waals surface area contributed by atoms with Gasteiger partial charge in [-0.3, -0.25) is 32.8 Å². The van der Waals surface area contributed by atoms with E-state index in [1.807, 2.05) is 55.1 Å². The minimum Gasteiger partial charge on any atom is -0.480 e. The molecule has 1 aliphatic heterocycles.